The first-order valence-corrected chi connectivity index (χ1v) is 12.3. The summed E-state index contributed by atoms with van der Waals surface area (Å²) in [6, 6.07) is 10.4. The molecule has 1 aromatic carbocycles. The van der Waals surface area contributed by atoms with Crippen LogP contribution in [0.1, 0.15) is 37.3 Å². The number of nitrogens with one attached hydrogen (secondary N) is 2. The molecule has 0 radical (unpaired) electrons. The number of benzene rings is 1. The minimum atomic E-state index is -3.71. The van der Waals surface area contributed by atoms with E-state index in [0.29, 0.717) is 6.54 Å². The number of nitrogens with zero attached hydrogens (tertiary/aromatic N) is 5. The predicted molar refractivity (Wildman–Crippen MR) is 122 cm³/mol. The van der Waals surface area contributed by atoms with E-state index in [4.69, 9.17) is 0 Å². The Morgan fingerprint density at radius 3 is 2.79 bits per heavy atom. The van der Waals surface area contributed by atoms with Gasteiger partial charge in [0, 0.05) is 29.9 Å². The predicted octanol–water partition coefficient (Wildman–Crippen LogP) is 3.40. The molecule has 0 spiro atoms. The van der Waals surface area contributed by atoms with Crippen LogP contribution in [0.5, 0.6) is 0 Å². The second-order valence-electron chi connectivity index (χ2n) is 8.31. The second kappa shape index (κ2) is 8.77. The van der Waals surface area contributed by atoms with Gasteiger partial charge in [-0.1, -0.05) is 12.1 Å². The van der Waals surface area contributed by atoms with Crippen LogP contribution in [0.15, 0.2) is 60.1 Å². The summed E-state index contributed by atoms with van der Waals surface area (Å²) < 4.78 is 30.0. The SMILES string of the molecule is N#Cc1ccccc1S(=O)(=O)NC[C@H]1CC[C@@H](n2cc(-c3ncnc4[nH]ccc34)cn2)CC1. The lowest BCUT2D eigenvalue weighted by Gasteiger charge is -2.28. The standard InChI is InChI=1S/C23H23N7O2S/c24-11-17-3-1-2-4-21(17)33(31,32)29-12-16-5-7-19(8-6-16)30-14-18(13-28-30)22-20-9-10-25-23(20)27-15-26-22/h1-4,9-10,13-16,19,29H,5-8,12H2,(H,25,26,27)/t16-,19+. The van der Waals surface area contributed by atoms with Crippen LogP contribution < -0.4 is 4.72 Å². The highest BCUT2D eigenvalue weighted by atomic mass is 32.2. The van der Waals surface area contributed by atoms with Crippen molar-refractivity contribution in [3.8, 4) is 17.3 Å². The lowest BCUT2D eigenvalue weighted by Crippen LogP contribution is -2.32. The molecule has 2 N–H and O–H groups in total. The summed E-state index contributed by atoms with van der Waals surface area (Å²) >= 11 is 0. The minimum Gasteiger partial charge on any atom is -0.346 e. The van der Waals surface area contributed by atoms with Crippen LogP contribution in [0.4, 0.5) is 0 Å². The normalized spacial score (nSPS) is 18.9. The summed E-state index contributed by atoms with van der Waals surface area (Å²) in [5.74, 6) is 0.252. The molecule has 168 valence electrons. The van der Waals surface area contributed by atoms with Gasteiger partial charge in [-0.25, -0.2) is 23.1 Å². The molecule has 3 heterocycles. The minimum absolute atomic E-state index is 0.0338. The number of rotatable bonds is 6. The van der Waals surface area contributed by atoms with Crippen molar-refractivity contribution < 1.29 is 8.42 Å². The Kier molecular flexibility index (Phi) is 5.66. The van der Waals surface area contributed by atoms with Crippen molar-refractivity contribution in [3.63, 3.8) is 0 Å². The van der Waals surface area contributed by atoms with Gasteiger partial charge in [-0.3, -0.25) is 4.68 Å². The Hall–Kier alpha value is -3.55. The molecule has 0 bridgehead atoms. The van der Waals surface area contributed by atoms with E-state index in [-0.39, 0.29) is 22.4 Å². The molecule has 9 nitrogen and oxygen atoms in total. The number of aromatic amines is 1. The monoisotopic (exact) mass is 461 g/mol. The number of aromatic nitrogens is 5. The zero-order valence-corrected chi connectivity index (χ0v) is 18.7. The molecule has 33 heavy (non-hydrogen) atoms. The number of nitriles is 1. The van der Waals surface area contributed by atoms with E-state index in [2.05, 4.69) is 24.8 Å². The third kappa shape index (κ3) is 4.25. The number of fused-ring (bicyclic) bond motifs is 1. The molecule has 1 fully saturated rings. The molecule has 0 aliphatic heterocycles. The van der Waals surface area contributed by atoms with Gasteiger partial charge in [0.2, 0.25) is 10.0 Å². The molecule has 1 aliphatic carbocycles. The van der Waals surface area contributed by atoms with Crippen molar-refractivity contribution in [2.75, 3.05) is 6.54 Å². The van der Waals surface area contributed by atoms with Crippen LogP contribution >= 0.6 is 0 Å². The third-order valence-electron chi connectivity index (χ3n) is 6.28. The highest BCUT2D eigenvalue weighted by Gasteiger charge is 2.26. The molecule has 0 saturated heterocycles. The van der Waals surface area contributed by atoms with E-state index in [0.717, 1.165) is 48.0 Å². The molecular formula is C23H23N7O2S. The fourth-order valence-electron chi connectivity index (χ4n) is 4.47. The lowest BCUT2D eigenvalue weighted by molar-refractivity contribution is 0.261. The van der Waals surface area contributed by atoms with E-state index in [1.165, 1.54) is 12.1 Å². The molecule has 1 saturated carbocycles. The van der Waals surface area contributed by atoms with Crippen LogP contribution in [0.3, 0.4) is 0 Å². The fourth-order valence-corrected chi connectivity index (χ4v) is 5.75. The highest BCUT2D eigenvalue weighted by molar-refractivity contribution is 7.89. The van der Waals surface area contributed by atoms with Crippen LogP contribution in [0, 0.1) is 17.2 Å². The topological polar surface area (TPSA) is 129 Å². The van der Waals surface area contributed by atoms with Gasteiger partial charge in [0.15, 0.2) is 0 Å². The Morgan fingerprint density at radius 2 is 1.97 bits per heavy atom. The van der Waals surface area contributed by atoms with E-state index < -0.39 is 10.0 Å². The number of hydrogen-bond donors (Lipinski definition) is 2. The number of hydrogen-bond acceptors (Lipinski definition) is 6. The third-order valence-corrected chi connectivity index (χ3v) is 7.76. The van der Waals surface area contributed by atoms with Crippen molar-refractivity contribution in [3.05, 3.63) is 60.8 Å². The molecular weight excluding hydrogens is 438 g/mol. The first-order chi connectivity index (χ1) is 16.0. The molecule has 0 amide bonds. The Bertz CT molecular complexity index is 1430. The quantitative estimate of drug-likeness (QED) is 0.453. The van der Waals surface area contributed by atoms with Gasteiger partial charge in [-0.15, -0.1) is 0 Å². The summed E-state index contributed by atoms with van der Waals surface area (Å²) in [7, 11) is -3.71. The maximum Gasteiger partial charge on any atom is 0.241 e. The maximum atomic E-state index is 12.7. The largest absolute Gasteiger partial charge is 0.346 e. The zero-order chi connectivity index (χ0) is 22.8. The van der Waals surface area contributed by atoms with E-state index in [1.807, 2.05) is 35.4 Å². The average molecular weight is 462 g/mol. The van der Waals surface area contributed by atoms with Gasteiger partial charge >= 0.3 is 0 Å². The molecule has 1 aliphatic rings. The summed E-state index contributed by atoms with van der Waals surface area (Å²) in [5, 5.41) is 14.7. The number of sulfonamides is 1. The molecule has 10 heteroatoms. The first kappa shape index (κ1) is 21.3. The summed E-state index contributed by atoms with van der Waals surface area (Å²) in [6.45, 7) is 0.367. The maximum absolute atomic E-state index is 12.7. The van der Waals surface area contributed by atoms with Gasteiger partial charge in [-0.05, 0) is 49.8 Å². The molecule has 0 atom stereocenters. The number of H-pyrrole nitrogens is 1. The Labute approximate surface area is 191 Å². The van der Waals surface area contributed by atoms with Gasteiger partial charge in [0.05, 0.1) is 28.4 Å². The van der Waals surface area contributed by atoms with E-state index in [1.54, 1.807) is 18.5 Å². The van der Waals surface area contributed by atoms with Crippen LogP contribution in [-0.2, 0) is 10.0 Å². The van der Waals surface area contributed by atoms with Crippen molar-refractivity contribution in [2.24, 2.45) is 5.92 Å². The Morgan fingerprint density at radius 1 is 1.15 bits per heavy atom. The van der Waals surface area contributed by atoms with Crippen LogP contribution in [0.25, 0.3) is 22.3 Å². The van der Waals surface area contributed by atoms with Gasteiger partial charge in [0.1, 0.15) is 18.0 Å². The molecule has 5 rings (SSSR count). The highest BCUT2D eigenvalue weighted by Crippen LogP contribution is 2.33. The van der Waals surface area contributed by atoms with Crippen molar-refractivity contribution >= 4 is 21.1 Å². The summed E-state index contributed by atoms with van der Waals surface area (Å²) in [6.07, 6.45) is 10.9. The van der Waals surface area contributed by atoms with Crippen molar-refractivity contribution in [1.82, 2.24) is 29.5 Å². The van der Waals surface area contributed by atoms with Gasteiger partial charge in [0.25, 0.3) is 0 Å². The van der Waals surface area contributed by atoms with Gasteiger partial charge < -0.3 is 4.98 Å². The van der Waals surface area contributed by atoms with Crippen molar-refractivity contribution in [2.45, 2.75) is 36.6 Å². The molecule has 0 unspecified atom stereocenters. The lowest BCUT2D eigenvalue weighted by atomic mass is 9.86. The Balaban J connectivity index is 1.21. The van der Waals surface area contributed by atoms with Crippen LogP contribution in [0.2, 0.25) is 0 Å². The summed E-state index contributed by atoms with van der Waals surface area (Å²) in [4.78, 5) is 11.8. The van der Waals surface area contributed by atoms with E-state index in [9.17, 15) is 13.7 Å². The smallest absolute Gasteiger partial charge is 0.241 e. The second-order valence-corrected chi connectivity index (χ2v) is 10.0. The first-order valence-electron chi connectivity index (χ1n) is 10.9. The summed E-state index contributed by atoms with van der Waals surface area (Å²) in [5.41, 5.74) is 2.76. The van der Waals surface area contributed by atoms with E-state index >= 15 is 0 Å². The molecule has 3 aromatic heterocycles. The van der Waals surface area contributed by atoms with Gasteiger partial charge in [-0.2, -0.15) is 10.4 Å². The molecule has 4 aromatic rings. The van der Waals surface area contributed by atoms with Crippen molar-refractivity contribution in [1.29, 1.82) is 5.26 Å². The zero-order valence-electron chi connectivity index (χ0n) is 17.8. The fraction of sp³-hybridized carbons (Fsp3) is 0.304. The average Bonchev–Trinajstić information content (AvgIpc) is 3.53. The van der Waals surface area contributed by atoms with Crippen LogP contribution in [-0.4, -0.2) is 39.7 Å².